The van der Waals surface area contributed by atoms with Crippen LogP contribution >= 0.6 is 0 Å². The molecule has 2 aromatic heterocycles. The molecular formula is C46H31N3. The van der Waals surface area contributed by atoms with Crippen molar-refractivity contribution in [2.24, 2.45) is 5.92 Å². The second-order valence-corrected chi connectivity index (χ2v) is 13.0. The Hall–Kier alpha value is -6.32. The summed E-state index contributed by atoms with van der Waals surface area (Å²) in [5, 5.41) is 8.87. The third kappa shape index (κ3) is 4.58. The summed E-state index contributed by atoms with van der Waals surface area (Å²) in [6.45, 7) is 0. The first-order valence-corrected chi connectivity index (χ1v) is 16.9. The summed E-state index contributed by atoms with van der Waals surface area (Å²) in [6, 6.07) is 49.6. The van der Waals surface area contributed by atoms with Gasteiger partial charge in [0.2, 0.25) is 0 Å². The van der Waals surface area contributed by atoms with Crippen molar-refractivity contribution in [2.75, 3.05) is 0 Å². The van der Waals surface area contributed by atoms with Gasteiger partial charge in [-0.1, -0.05) is 140 Å². The molecule has 0 radical (unpaired) electrons. The molecule has 1 unspecified atom stereocenters. The SMILES string of the molecule is C1=CC2=c3c(n(-c4cccc(-c5nc(-c6ccccc6)cc(-c6ccc7ccccc7c6)n5)c4)c4ccc5ccccc5c34)=CCC2C=C1. The summed E-state index contributed by atoms with van der Waals surface area (Å²) >= 11 is 0. The van der Waals surface area contributed by atoms with Crippen LogP contribution in [0.3, 0.4) is 0 Å². The van der Waals surface area contributed by atoms with Gasteiger partial charge in [0.15, 0.2) is 5.82 Å². The monoisotopic (exact) mass is 625 g/mol. The molecule has 3 heteroatoms. The van der Waals surface area contributed by atoms with E-state index >= 15 is 0 Å². The molecule has 0 saturated carbocycles. The fourth-order valence-electron chi connectivity index (χ4n) is 7.75. The molecule has 230 valence electrons. The van der Waals surface area contributed by atoms with Crippen molar-refractivity contribution >= 4 is 44.1 Å². The van der Waals surface area contributed by atoms with Gasteiger partial charge in [0.05, 0.1) is 22.3 Å². The molecule has 1 atom stereocenters. The van der Waals surface area contributed by atoms with E-state index < -0.39 is 0 Å². The van der Waals surface area contributed by atoms with Gasteiger partial charge in [-0.05, 0) is 63.9 Å². The van der Waals surface area contributed by atoms with Crippen molar-refractivity contribution in [2.45, 2.75) is 6.42 Å². The van der Waals surface area contributed by atoms with Crippen LogP contribution in [0, 0.1) is 5.92 Å². The van der Waals surface area contributed by atoms with Crippen LogP contribution in [0.4, 0.5) is 0 Å². The zero-order valence-electron chi connectivity index (χ0n) is 26.8. The molecule has 2 aliphatic carbocycles. The van der Waals surface area contributed by atoms with E-state index in [9.17, 15) is 0 Å². The summed E-state index contributed by atoms with van der Waals surface area (Å²) in [4.78, 5) is 10.4. The molecular weight excluding hydrogens is 595 g/mol. The van der Waals surface area contributed by atoms with Crippen molar-refractivity contribution in [1.82, 2.24) is 14.5 Å². The van der Waals surface area contributed by atoms with Crippen LogP contribution in [0.15, 0.2) is 164 Å². The molecule has 0 amide bonds. The molecule has 49 heavy (non-hydrogen) atoms. The van der Waals surface area contributed by atoms with Gasteiger partial charge in [0, 0.05) is 38.9 Å². The minimum absolute atomic E-state index is 0.393. The highest BCUT2D eigenvalue weighted by Gasteiger charge is 2.22. The van der Waals surface area contributed by atoms with Crippen molar-refractivity contribution in [1.29, 1.82) is 0 Å². The van der Waals surface area contributed by atoms with Crippen molar-refractivity contribution < 1.29 is 0 Å². The molecule has 0 N–H and O–H groups in total. The van der Waals surface area contributed by atoms with E-state index in [-0.39, 0.29) is 0 Å². The van der Waals surface area contributed by atoms with E-state index in [0.717, 1.165) is 40.2 Å². The van der Waals surface area contributed by atoms with Crippen molar-refractivity contribution in [3.05, 3.63) is 174 Å². The molecule has 0 aliphatic heterocycles. The van der Waals surface area contributed by atoms with Crippen LogP contribution in [0.25, 0.3) is 83.7 Å². The van der Waals surface area contributed by atoms with Gasteiger partial charge in [-0.2, -0.15) is 0 Å². The molecule has 2 heterocycles. The molecule has 3 nitrogen and oxygen atoms in total. The van der Waals surface area contributed by atoms with Crippen molar-refractivity contribution in [3.8, 4) is 39.6 Å². The van der Waals surface area contributed by atoms with E-state index in [1.807, 2.05) is 6.07 Å². The Morgan fingerprint density at radius 3 is 2.22 bits per heavy atom. The molecule has 0 spiro atoms. The van der Waals surface area contributed by atoms with Gasteiger partial charge in [-0.25, -0.2) is 9.97 Å². The Morgan fingerprint density at radius 1 is 0.571 bits per heavy atom. The normalized spacial score (nSPS) is 15.0. The fourth-order valence-corrected chi connectivity index (χ4v) is 7.75. The number of hydrogen-bond donors (Lipinski definition) is 0. The largest absolute Gasteiger partial charge is 0.310 e. The summed E-state index contributed by atoms with van der Waals surface area (Å²) in [7, 11) is 0. The summed E-state index contributed by atoms with van der Waals surface area (Å²) in [6.07, 6.45) is 12.4. The van der Waals surface area contributed by atoms with Gasteiger partial charge in [0.25, 0.3) is 0 Å². The Balaban J connectivity index is 1.21. The maximum absolute atomic E-state index is 5.22. The fraction of sp³-hybridized carbons (Fsp3) is 0.0435. The molecule has 0 saturated heterocycles. The maximum Gasteiger partial charge on any atom is 0.160 e. The number of hydrogen-bond acceptors (Lipinski definition) is 2. The number of nitrogens with zero attached hydrogens (tertiary/aromatic N) is 3. The third-order valence-electron chi connectivity index (χ3n) is 10.1. The topological polar surface area (TPSA) is 30.7 Å². The minimum atomic E-state index is 0.393. The van der Waals surface area contributed by atoms with Crippen LogP contribution in [0.1, 0.15) is 6.42 Å². The van der Waals surface area contributed by atoms with Gasteiger partial charge in [0.1, 0.15) is 0 Å². The molecule has 0 bridgehead atoms. The summed E-state index contributed by atoms with van der Waals surface area (Å²) < 4.78 is 2.45. The lowest BCUT2D eigenvalue weighted by molar-refractivity contribution is 0.854. The zero-order chi connectivity index (χ0) is 32.3. The van der Waals surface area contributed by atoms with E-state index in [0.29, 0.717) is 11.7 Å². The Labute approximate surface area is 284 Å². The van der Waals surface area contributed by atoms with E-state index in [4.69, 9.17) is 9.97 Å². The minimum Gasteiger partial charge on any atom is -0.310 e. The molecule has 10 rings (SSSR count). The lowest BCUT2D eigenvalue weighted by Gasteiger charge is -2.19. The summed E-state index contributed by atoms with van der Waals surface area (Å²) in [5.41, 5.74) is 8.65. The first kappa shape index (κ1) is 27.8. The highest BCUT2D eigenvalue weighted by atomic mass is 15.0. The highest BCUT2D eigenvalue weighted by molar-refractivity contribution is 6.08. The number of fused-ring (bicyclic) bond motifs is 7. The second kappa shape index (κ2) is 11.1. The first-order chi connectivity index (χ1) is 24.3. The summed E-state index contributed by atoms with van der Waals surface area (Å²) in [5.74, 6) is 1.10. The third-order valence-corrected chi connectivity index (χ3v) is 10.1. The van der Waals surface area contributed by atoms with Gasteiger partial charge >= 0.3 is 0 Å². The quantitative estimate of drug-likeness (QED) is 0.195. The Morgan fingerprint density at radius 2 is 1.33 bits per heavy atom. The van der Waals surface area contributed by atoms with Gasteiger partial charge in [-0.3, -0.25) is 0 Å². The second-order valence-electron chi connectivity index (χ2n) is 13.0. The number of allylic oxidation sites excluding steroid dienone is 4. The smallest absolute Gasteiger partial charge is 0.160 e. The average Bonchev–Trinajstić information content (AvgIpc) is 3.53. The highest BCUT2D eigenvalue weighted by Crippen LogP contribution is 2.33. The number of benzene rings is 6. The van der Waals surface area contributed by atoms with Crippen LogP contribution in [0.2, 0.25) is 0 Å². The predicted octanol–water partition coefficient (Wildman–Crippen LogP) is 9.80. The first-order valence-electron chi connectivity index (χ1n) is 16.9. The van der Waals surface area contributed by atoms with E-state index in [2.05, 4.69) is 168 Å². The van der Waals surface area contributed by atoms with Crippen molar-refractivity contribution in [3.63, 3.8) is 0 Å². The Kier molecular flexibility index (Phi) is 6.31. The predicted molar refractivity (Wildman–Crippen MR) is 204 cm³/mol. The number of aromatic nitrogens is 3. The average molecular weight is 626 g/mol. The lowest BCUT2D eigenvalue weighted by Crippen LogP contribution is -2.35. The van der Waals surface area contributed by atoms with Crippen LogP contribution < -0.4 is 10.6 Å². The van der Waals surface area contributed by atoms with Crippen LogP contribution in [0.5, 0.6) is 0 Å². The van der Waals surface area contributed by atoms with Crippen LogP contribution in [-0.4, -0.2) is 14.5 Å². The standard InChI is InChI=1S/C46H31N3/c1-2-14-33(15-3-1)40-29-41(35-22-21-30-11-4-5-16-34(30)27-35)48-46(47-40)36-17-10-18-37(28-36)49-42-25-23-31-12-6-8-19-38(31)44(42)45-39-20-9-7-13-32(39)24-26-43(45)49/h1-23,25-29,32H,24H2. The van der Waals surface area contributed by atoms with E-state index in [1.165, 1.54) is 48.6 Å². The molecule has 2 aliphatic rings. The molecule has 8 aromatic rings. The molecule has 6 aromatic carbocycles. The lowest BCUT2D eigenvalue weighted by atomic mass is 9.86. The Bertz CT molecular complexity index is 2800. The zero-order valence-corrected chi connectivity index (χ0v) is 26.8. The van der Waals surface area contributed by atoms with Crippen LogP contribution in [-0.2, 0) is 0 Å². The van der Waals surface area contributed by atoms with Gasteiger partial charge < -0.3 is 4.57 Å². The number of rotatable bonds is 4. The molecule has 0 fully saturated rings. The maximum atomic E-state index is 5.22. The van der Waals surface area contributed by atoms with E-state index in [1.54, 1.807) is 0 Å². The van der Waals surface area contributed by atoms with Gasteiger partial charge in [-0.15, -0.1) is 0 Å².